The number of pyridine rings is 1. The molecule has 0 unspecified atom stereocenters. The molecule has 1 fully saturated rings. The molecule has 1 aliphatic heterocycles. The van der Waals surface area contributed by atoms with E-state index in [2.05, 4.69) is 58.4 Å². The molecule has 2 aromatic carbocycles. The second-order valence-electron chi connectivity index (χ2n) is 11.2. The molecule has 3 heterocycles. The summed E-state index contributed by atoms with van der Waals surface area (Å²) in [5.74, 6) is 0.920. The molecule has 3 N–H and O–H groups in total. The predicted octanol–water partition coefficient (Wildman–Crippen LogP) is 6.17. The Morgan fingerprint density at radius 1 is 0.950 bits per heavy atom. The van der Waals surface area contributed by atoms with Gasteiger partial charge in [-0.2, -0.15) is 5.10 Å². The lowest BCUT2D eigenvalue weighted by Crippen LogP contribution is -2.66. The Kier molecular flexibility index (Phi) is 7.33. The van der Waals surface area contributed by atoms with E-state index >= 15 is 0 Å². The topological polar surface area (TPSA) is 104 Å². The Labute approximate surface area is 243 Å². The van der Waals surface area contributed by atoms with E-state index in [0.717, 1.165) is 18.8 Å². The highest BCUT2D eigenvalue weighted by Crippen LogP contribution is 2.45. The summed E-state index contributed by atoms with van der Waals surface area (Å²) in [4.78, 5) is 20.1. The fourth-order valence-corrected chi connectivity index (χ4v) is 6.14. The number of nitrogens with zero attached hydrogens (tertiary/aromatic N) is 3. The summed E-state index contributed by atoms with van der Waals surface area (Å²) in [7, 11) is 3.03. The van der Waals surface area contributed by atoms with Crippen molar-refractivity contribution in [1.29, 1.82) is 0 Å². The monoisotopic (exact) mass is 582 g/mol. The van der Waals surface area contributed by atoms with Crippen molar-refractivity contribution < 1.29 is 14.3 Å². The number of H-pyrrole nitrogens is 1. The van der Waals surface area contributed by atoms with Crippen LogP contribution in [0.1, 0.15) is 38.1 Å². The van der Waals surface area contributed by atoms with Gasteiger partial charge in [-0.15, -0.1) is 0 Å². The minimum atomic E-state index is -0.270. The van der Waals surface area contributed by atoms with Crippen molar-refractivity contribution in [3.8, 4) is 22.8 Å². The lowest BCUT2D eigenvalue weighted by Gasteiger charge is -2.49. The number of nitrogens with one attached hydrogen (secondary N) is 3. The number of carbonyl (C=O) groups is 1. The third-order valence-electron chi connectivity index (χ3n) is 6.83. The van der Waals surface area contributed by atoms with Crippen LogP contribution in [0.4, 0.5) is 11.5 Å². The summed E-state index contributed by atoms with van der Waals surface area (Å²) >= 11 is 13.1. The Balaban J connectivity index is 1.37. The Morgan fingerprint density at radius 2 is 1.55 bits per heavy atom. The molecule has 0 aliphatic carbocycles. The van der Waals surface area contributed by atoms with Crippen LogP contribution >= 0.6 is 23.2 Å². The number of hydrogen-bond acceptors (Lipinski definition) is 7. The molecule has 5 rings (SSSR count). The number of piperazine rings is 1. The Hall–Kier alpha value is -3.53. The van der Waals surface area contributed by atoms with Crippen LogP contribution in [-0.2, 0) is 0 Å². The van der Waals surface area contributed by atoms with Crippen LogP contribution in [0.2, 0.25) is 10.0 Å². The normalized spacial score (nSPS) is 16.1. The van der Waals surface area contributed by atoms with Gasteiger partial charge in [0.2, 0.25) is 0 Å². The van der Waals surface area contributed by atoms with Gasteiger partial charge in [-0.05, 0) is 64.1 Å². The molecule has 1 saturated heterocycles. The first-order valence-corrected chi connectivity index (χ1v) is 13.6. The van der Waals surface area contributed by atoms with Crippen molar-refractivity contribution in [2.75, 3.05) is 37.5 Å². The molecule has 0 saturated carbocycles. The zero-order valence-corrected chi connectivity index (χ0v) is 24.8. The summed E-state index contributed by atoms with van der Waals surface area (Å²) in [5, 5.41) is 15.0. The molecular weight excluding hydrogens is 551 g/mol. The molecule has 0 spiro atoms. The standard InChI is InChI=1S/C29H32Cl2N6O3/c1-28(2)14-37(15-29(3,4)36-28)17-9-7-16(8-10-17)27(38)33-26-18-11-12-19(32-25(18)34-35-26)22-23(30)20(39-5)13-21(40-6)24(22)31/h7-13,36H,14-15H2,1-6H3,(H2,32,33,34,35,38). The number of aromatic nitrogens is 3. The molecule has 0 bridgehead atoms. The summed E-state index contributed by atoms with van der Waals surface area (Å²) in [5.41, 5.74) is 2.98. The third kappa shape index (κ3) is 5.41. The van der Waals surface area contributed by atoms with E-state index in [4.69, 9.17) is 32.7 Å². The summed E-state index contributed by atoms with van der Waals surface area (Å²) in [6, 6.07) is 12.8. The number of carbonyl (C=O) groups excluding carboxylic acids is 1. The first kappa shape index (κ1) is 28.0. The van der Waals surface area contributed by atoms with Crippen molar-refractivity contribution >= 4 is 51.6 Å². The smallest absolute Gasteiger partial charge is 0.256 e. The summed E-state index contributed by atoms with van der Waals surface area (Å²) < 4.78 is 10.7. The lowest BCUT2D eigenvalue weighted by molar-refractivity contribution is 0.102. The van der Waals surface area contributed by atoms with Crippen LogP contribution in [-0.4, -0.2) is 59.5 Å². The summed E-state index contributed by atoms with van der Waals surface area (Å²) in [6.07, 6.45) is 0. The van der Waals surface area contributed by atoms with Crippen LogP contribution in [0.5, 0.6) is 11.5 Å². The number of benzene rings is 2. The van der Waals surface area contributed by atoms with Gasteiger partial charge in [-0.3, -0.25) is 9.89 Å². The third-order valence-corrected chi connectivity index (χ3v) is 7.58. The van der Waals surface area contributed by atoms with Crippen molar-refractivity contribution in [3.63, 3.8) is 0 Å². The number of rotatable bonds is 6. The van der Waals surface area contributed by atoms with E-state index in [1.807, 2.05) is 24.3 Å². The average Bonchev–Trinajstić information content (AvgIpc) is 3.29. The highest BCUT2D eigenvalue weighted by molar-refractivity contribution is 6.41. The molecular formula is C29H32Cl2N6O3. The van der Waals surface area contributed by atoms with Gasteiger partial charge in [0.05, 0.1) is 35.3 Å². The van der Waals surface area contributed by atoms with Crippen LogP contribution in [0.3, 0.4) is 0 Å². The minimum absolute atomic E-state index is 0.0258. The molecule has 1 aliphatic rings. The van der Waals surface area contributed by atoms with Crippen LogP contribution in [0, 0.1) is 0 Å². The van der Waals surface area contributed by atoms with Gasteiger partial charge in [-0.1, -0.05) is 23.2 Å². The van der Waals surface area contributed by atoms with Gasteiger partial charge in [-0.25, -0.2) is 4.98 Å². The number of hydrogen-bond donors (Lipinski definition) is 3. The van der Waals surface area contributed by atoms with Gasteiger partial charge in [0.15, 0.2) is 11.5 Å². The number of aromatic amines is 1. The highest BCUT2D eigenvalue weighted by Gasteiger charge is 2.36. The Bertz CT molecular complexity index is 1540. The Morgan fingerprint density at radius 3 is 2.12 bits per heavy atom. The van der Waals surface area contributed by atoms with E-state index in [1.54, 1.807) is 18.2 Å². The maximum atomic E-state index is 13.1. The predicted molar refractivity (Wildman–Crippen MR) is 160 cm³/mol. The molecule has 210 valence electrons. The number of amides is 1. The average molecular weight is 584 g/mol. The molecule has 0 radical (unpaired) electrons. The molecule has 2 aromatic heterocycles. The van der Waals surface area contributed by atoms with E-state index in [-0.39, 0.29) is 17.0 Å². The molecule has 40 heavy (non-hydrogen) atoms. The van der Waals surface area contributed by atoms with Crippen LogP contribution in [0.25, 0.3) is 22.3 Å². The SMILES string of the molecule is COc1cc(OC)c(Cl)c(-c2ccc3c(NC(=O)c4ccc(N5CC(C)(C)NC(C)(C)C5)cc4)n[nH]c3n2)c1Cl. The van der Waals surface area contributed by atoms with Crippen molar-refractivity contribution in [3.05, 3.63) is 58.1 Å². The minimum Gasteiger partial charge on any atom is -0.495 e. The van der Waals surface area contributed by atoms with E-state index in [1.165, 1.54) is 14.2 Å². The molecule has 0 atom stereocenters. The fraction of sp³-hybridized carbons (Fsp3) is 0.345. The molecule has 1 amide bonds. The number of anilines is 2. The quantitative estimate of drug-likeness (QED) is 0.250. The fourth-order valence-electron chi connectivity index (χ4n) is 5.44. The largest absolute Gasteiger partial charge is 0.495 e. The van der Waals surface area contributed by atoms with Crippen LogP contribution in [0.15, 0.2) is 42.5 Å². The van der Waals surface area contributed by atoms with E-state index in [0.29, 0.717) is 55.2 Å². The van der Waals surface area contributed by atoms with Gasteiger partial charge in [0, 0.05) is 47.0 Å². The van der Waals surface area contributed by atoms with Crippen molar-refractivity contribution in [2.24, 2.45) is 0 Å². The van der Waals surface area contributed by atoms with E-state index < -0.39 is 0 Å². The number of halogens is 2. The highest BCUT2D eigenvalue weighted by atomic mass is 35.5. The number of methoxy groups -OCH3 is 2. The van der Waals surface area contributed by atoms with Crippen LogP contribution < -0.4 is 25.0 Å². The van der Waals surface area contributed by atoms with Gasteiger partial charge in [0.25, 0.3) is 5.91 Å². The van der Waals surface area contributed by atoms with Crippen molar-refractivity contribution in [1.82, 2.24) is 20.5 Å². The second kappa shape index (κ2) is 10.5. The second-order valence-corrected chi connectivity index (χ2v) is 12.0. The zero-order chi connectivity index (χ0) is 28.8. The number of fused-ring (bicyclic) bond motifs is 1. The maximum absolute atomic E-state index is 13.1. The van der Waals surface area contributed by atoms with Gasteiger partial charge < -0.3 is 25.0 Å². The molecule has 11 heteroatoms. The van der Waals surface area contributed by atoms with Crippen molar-refractivity contribution in [2.45, 2.75) is 38.8 Å². The molecule has 9 nitrogen and oxygen atoms in total. The zero-order valence-electron chi connectivity index (χ0n) is 23.3. The lowest BCUT2D eigenvalue weighted by atomic mass is 9.91. The first-order valence-electron chi connectivity index (χ1n) is 12.8. The summed E-state index contributed by atoms with van der Waals surface area (Å²) in [6.45, 7) is 10.5. The maximum Gasteiger partial charge on any atom is 0.256 e. The van der Waals surface area contributed by atoms with Gasteiger partial charge >= 0.3 is 0 Å². The molecule has 4 aromatic rings. The first-order chi connectivity index (χ1) is 18.9. The number of ether oxygens (including phenoxy) is 2. The van der Waals surface area contributed by atoms with Gasteiger partial charge in [0.1, 0.15) is 11.5 Å². The van der Waals surface area contributed by atoms with E-state index in [9.17, 15) is 4.79 Å².